The third-order valence-corrected chi connectivity index (χ3v) is 3.53. The van der Waals surface area contributed by atoms with E-state index in [1.807, 2.05) is 12.1 Å². The van der Waals surface area contributed by atoms with Gasteiger partial charge in [-0.1, -0.05) is 6.92 Å². The molecule has 3 nitrogen and oxygen atoms in total. The van der Waals surface area contributed by atoms with Gasteiger partial charge >= 0.3 is 0 Å². The first-order chi connectivity index (χ1) is 9.31. The molecule has 0 amide bonds. The maximum Gasteiger partial charge on any atom is 0.119 e. The van der Waals surface area contributed by atoms with E-state index in [9.17, 15) is 0 Å². The normalized spacial score (nSPS) is 14.4. The van der Waals surface area contributed by atoms with Crippen LogP contribution in [-0.2, 0) is 0 Å². The predicted octanol–water partition coefficient (Wildman–Crippen LogP) is 3.06. The van der Waals surface area contributed by atoms with Crippen molar-refractivity contribution < 1.29 is 4.74 Å². The lowest BCUT2D eigenvalue weighted by molar-refractivity contribution is 0.235. The summed E-state index contributed by atoms with van der Waals surface area (Å²) in [5, 5.41) is 8.71. The number of rotatable bonds is 8. The fourth-order valence-corrected chi connectivity index (χ4v) is 2.15. The molecule has 0 spiro atoms. The molecule has 0 aromatic heterocycles. The molecule has 0 heterocycles. The van der Waals surface area contributed by atoms with Crippen LogP contribution in [0.1, 0.15) is 31.7 Å². The van der Waals surface area contributed by atoms with Crippen molar-refractivity contribution in [2.24, 2.45) is 5.92 Å². The van der Waals surface area contributed by atoms with Gasteiger partial charge in [-0.25, -0.2) is 0 Å². The number of benzene rings is 1. The van der Waals surface area contributed by atoms with Crippen LogP contribution in [0.25, 0.3) is 0 Å². The van der Waals surface area contributed by atoms with E-state index in [0.29, 0.717) is 5.56 Å². The molecule has 1 aromatic rings. The van der Waals surface area contributed by atoms with Crippen LogP contribution in [0.3, 0.4) is 0 Å². The second kappa shape index (κ2) is 7.16. The molecular weight excluding hydrogens is 236 g/mol. The standard InChI is InChI=1S/C16H22N2O/c1-2-18(13-15-4-5-15)10-3-11-19-16-8-6-14(12-17)7-9-16/h6-9,15H,2-5,10-11,13H2,1H3. The number of nitriles is 1. The summed E-state index contributed by atoms with van der Waals surface area (Å²) in [6.07, 6.45) is 3.89. The number of hydrogen-bond acceptors (Lipinski definition) is 3. The smallest absolute Gasteiger partial charge is 0.119 e. The summed E-state index contributed by atoms with van der Waals surface area (Å²) in [7, 11) is 0. The average Bonchev–Trinajstić information content (AvgIpc) is 3.27. The third kappa shape index (κ3) is 4.92. The molecule has 1 aromatic carbocycles. The van der Waals surface area contributed by atoms with Crippen molar-refractivity contribution in [3.8, 4) is 11.8 Å². The van der Waals surface area contributed by atoms with Crippen LogP contribution in [0.2, 0.25) is 0 Å². The summed E-state index contributed by atoms with van der Waals surface area (Å²) in [4.78, 5) is 2.51. The maximum atomic E-state index is 8.71. The van der Waals surface area contributed by atoms with Gasteiger partial charge < -0.3 is 9.64 Å². The van der Waals surface area contributed by atoms with Gasteiger partial charge in [0.25, 0.3) is 0 Å². The van der Waals surface area contributed by atoms with Gasteiger partial charge in [-0.15, -0.1) is 0 Å². The van der Waals surface area contributed by atoms with Gasteiger partial charge in [0.2, 0.25) is 0 Å². The Kier molecular flexibility index (Phi) is 5.23. The van der Waals surface area contributed by atoms with Crippen molar-refractivity contribution in [2.45, 2.75) is 26.2 Å². The summed E-state index contributed by atoms with van der Waals surface area (Å²) in [5.74, 6) is 1.81. The molecule has 1 aliphatic rings. The minimum Gasteiger partial charge on any atom is -0.494 e. The summed E-state index contributed by atoms with van der Waals surface area (Å²) in [6, 6.07) is 9.41. The number of nitrogens with zero attached hydrogens (tertiary/aromatic N) is 2. The fraction of sp³-hybridized carbons (Fsp3) is 0.562. The fourth-order valence-electron chi connectivity index (χ4n) is 2.15. The number of ether oxygens (including phenoxy) is 1. The minimum atomic E-state index is 0.675. The lowest BCUT2D eigenvalue weighted by Gasteiger charge is -2.19. The molecule has 0 radical (unpaired) electrons. The molecule has 0 bridgehead atoms. The van der Waals surface area contributed by atoms with Crippen LogP contribution >= 0.6 is 0 Å². The van der Waals surface area contributed by atoms with E-state index >= 15 is 0 Å². The molecule has 1 fully saturated rings. The Labute approximate surface area is 115 Å². The van der Waals surface area contributed by atoms with Crippen molar-refractivity contribution in [1.82, 2.24) is 4.90 Å². The van der Waals surface area contributed by atoms with E-state index < -0.39 is 0 Å². The zero-order chi connectivity index (χ0) is 13.5. The van der Waals surface area contributed by atoms with Crippen molar-refractivity contribution in [2.75, 3.05) is 26.2 Å². The molecule has 2 rings (SSSR count). The van der Waals surface area contributed by atoms with Gasteiger partial charge in [-0.05, 0) is 56.0 Å². The molecule has 0 aliphatic heterocycles. The highest BCUT2D eigenvalue weighted by Gasteiger charge is 2.23. The Hall–Kier alpha value is -1.53. The van der Waals surface area contributed by atoms with E-state index in [4.69, 9.17) is 10.00 Å². The van der Waals surface area contributed by atoms with Crippen LogP contribution in [0.5, 0.6) is 5.75 Å². The van der Waals surface area contributed by atoms with Crippen molar-refractivity contribution >= 4 is 0 Å². The molecular formula is C16H22N2O. The first-order valence-electron chi connectivity index (χ1n) is 7.17. The molecule has 102 valence electrons. The van der Waals surface area contributed by atoms with Crippen LogP contribution in [-0.4, -0.2) is 31.1 Å². The molecule has 1 saturated carbocycles. The molecule has 0 saturated heterocycles. The predicted molar refractivity (Wildman–Crippen MR) is 76.1 cm³/mol. The number of hydrogen-bond donors (Lipinski definition) is 0. The first kappa shape index (κ1) is 13.9. The topological polar surface area (TPSA) is 36.3 Å². The zero-order valence-corrected chi connectivity index (χ0v) is 11.6. The Balaban J connectivity index is 1.63. The van der Waals surface area contributed by atoms with E-state index in [0.717, 1.165) is 37.8 Å². The SMILES string of the molecule is CCN(CCCOc1ccc(C#N)cc1)CC1CC1. The van der Waals surface area contributed by atoms with E-state index in [2.05, 4.69) is 17.9 Å². The highest BCUT2D eigenvalue weighted by Crippen LogP contribution is 2.29. The molecule has 0 atom stereocenters. The van der Waals surface area contributed by atoms with Gasteiger partial charge in [0.05, 0.1) is 18.2 Å². The quantitative estimate of drug-likeness (QED) is 0.672. The van der Waals surface area contributed by atoms with E-state index in [1.165, 1.54) is 19.4 Å². The monoisotopic (exact) mass is 258 g/mol. The molecule has 0 unspecified atom stereocenters. The largest absolute Gasteiger partial charge is 0.494 e. The minimum absolute atomic E-state index is 0.675. The Morgan fingerprint density at radius 3 is 2.63 bits per heavy atom. The average molecular weight is 258 g/mol. The van der Waals surface area contributed by atoms with Gasteiger partial charge in [0.15, 0.2) is 0 Å². The zero-order valence-electron chi connectivity index (χ0n) is 11.6. The Bertz CT molecular complexity index is 417. The molecule has 1 aliphatic carbocycles. The van der Waals surface area contributed by atoms with E-state index in [-0.39, 0.29) is 0 Å². The summed E-state index contributed by atoms with van der Waals surface area (Å²) in [5.41, 5.74) is 0.675. The molecule has 0 N–H and O–H groups in total. The van der Waals surface area contributed by atoms with Crippen LogP contribution in [0.4, 0.5) is 0 Å². The highest BCUT2D eigenvalue weighted by atomic mass is 16.5. The first-order valence-corrected chi connectivity index (χ1v) is 7.17. The maximum absolute atomic E-state index is 8.71. The van der Waals surface area contributed by atoms with E-state index in [1.54, 1.807) is 12.1 Å². The van der Waals surface area contributed by atoms with Crippen molar-refractivity contribution in [3.05, 3.63) is 29.8 Å². The Morgan fingerprint density at radius 1 is 1.32 bits per heavy atom. The van der Waals surface area contributed by atoms with Gasteiger partial charge in [-0.3, -0.25) is 0 Å². The van der Waals surface area contributed by atoms with Gasteiger partial charge in [0.1, 0.15) is 5.75 Å². The van der Waals surface area contributed by atoms with Crippen LogP contribution in [0.15, 0.2) is 24.3 Å². The second-order valence-corrected chi connectivity index (χ2v) is 5.17. The van der Waals surface area contributed by atoms with Crippen LogP contribution in [0, 0.1) is 17.2 Å². The highest BCUT2D eigenvalue weighted by molar-refractivity contribution is 5.34. The second-order valence-electron chi connectivity index (χ2n) is 5.17. The summed E-state index contributed by atoms with van der Waals surface area (Å²) >= 11 is 0. The molecule has 19 heavy (non-hydrogen) atoms. The Morgan fingerprint density at radius 2 is 2.05 bits per heavy atom. The lowest BCUT2D eigenvalue weighted by atomic mass is 10.2. The molecule has 3 heteroatoms. The summed E-state index contributed by atoms with van der Waals surface area (Å²) < 4.78 is 5.68. The lowest BCUT2D eigenvalue weighted by Crippen LogP contribution is -2.27. The van der Waals surface area contributed by atoms with Gasteiger partial charge in [-0.2, -0.15) is 5.26 Å². The van der Waals surface area contributed by atoms with Gasteiger partial charge in [0, 0.05) is 13.1 Å². The third-order valence-electron chi connectivity index (χ3n) is 3.53. The van der Waals surface area contributed by atoms with Crippen LogP contribution < -0.4 is 4.74 Å². The summed E-state index contributed by atoms with van der Waals surface area (Å²) in [6.45, 7) is 6.47. The van der Waals surface area contributed by atoms with Crippen molar-refractivity contribution in [3.63, 3.8) is 0 Å². The van der Waals surface area contributed by atoms with Crippen molar-refractivity contribution in [1.29, 1.82) is 5.26 Å².